The molecule has 0 amide bonds. The quantitative estimate of drug-likeness (QED) is 0.655. The Morgan fingerprint density at radius 3 is 2.62 bits per heavy atom. The second kappa shape index (κ2) is 8.23. The summed E-state index contributed by atoms with van der Waals surface area (Å²) in [6, 6.07) is 14.3. The predicted molar refractivity (Wildman–Crippen MR) is 96.3 cm³/mol. The van der Waals surface area contributed by atoms with Gasteiger partial charge in [-0.25, -0.2) is 0 Å². The van der Waals surface area contributed by atoms with Gasteiger partial charge >= 0.3 is 0 Å². The molecule has 0 heterocycles. The lowest BCUT2D eigenvalue weighted by atomic mass is 10.2. The normalized spacial score (nSPS) is 11.1. The van der Waals surface area contributed by atoms with Gasteiger partial charge in [-0.05, 0) is 52.2 Å². The van der Waals surface area contributed by atoms with Crippen LogP contribution >= 0.6 is 39.3 Å². The standard InChI is InChI=1S/C17H19BrClNS/c1-12(2)10-20-11-13-6-5-8-15(19)17(13)21-16-9-4-3-7-14(16)18/h3-9,12,20H,10-11H2,1-2H3. The van der Waals surface area contributed by atoms with E-state index in [1.54, 1.807) is 11.8 Å². The van der Waals surface area contributed by atoms with Crippen molar-refractivity contribution in [3.63, 3.8) is 0 Å². The van der Waals surface area contributed by atoms with Crippen LogP contribution in [0.4, 0.5) is 0 Å². The molecular weight excluding hydrogens is 366 g/mol. The van der Waals surface area contributed by atoms with Crippen LogP contribution in [0.2, 0.25) is 5.02 Å². The SMILES string of the molecule is CC(C)CNCc1cccc(Cl)c1Sc1ccccc1Br. The van der Waals surface area contributed by atoms with Crippen LogP contribution in [0.15, 0.2) is 56.7 Å². The maximum absolute atomic E-state index is 6.41. The van der Waals surface area contributed by atoms with Crippen LogP contribution in [0.25, 0.3) is 0 Å². The Balaban J connectivity index is 2.20. The summed E-state index contributed by atoms with van der Waals surface area (Å²) in [4.78, 5) is 2.30. The smallest absolute Gasteiger partial charge is 0.0548 e. The first-order valence-electron chi connectivity index (χ1n) is 6.98. The van der Waals surface area contributed by atoms with Crippen LogP contribution in [0.3, 0.4) is 0 Å². The van der Waals surface area contributed by atoms with Crippen molar-refractivity contribution in [2.75, 3.05) is 6.54 Å². The summed E-state index contributed by atoms with van der Waals surface area (Å²) in [7, 11) is 0. The molecule has 0 spiro atoms. The van der Waals surface area contributed by atoms with E-state index in [0.29, 0.717) is 5.92 Å². The Morgan fingerprint density at radius 1 is 1.14 bits per heavy atom. The first-order chi connectivity index (χ1) is 10.1. The van der Waals surface area contributed by atoms with E-state index in [0.717, 1.165) is 27.5 Å². The molecule has 2 rings (SSSR count). The summed E-state index contributed by atoms with van der Waals surface area (Å²) in [6.45, 7) is 6.26. The summed E-state index contributed by atoms with van der Waals surface area (Å²) in [5.41, 5.74) is 1.24. The molecule has 0 saturated heterocycles. The van der Waals surface area contributed by atoms with Crippen molar-refractivity contribution in [2.45, 2.75) is 30.2 Å². The lowest BCUT2D eigenvalue weighted by molar-refractivity contribution is 0.550. The fourth-order valence-corrected chi connectivity index (χ4v) is 3.75. The van der Waals surface area contributed by atoms with E-state index in [1.807, 2.05) is 24.3 Å². The second-order valence-corrected chi connectivity index (χ2v) is 7.60. The van der Waals surface area contributed by atoms with Gasteiger partial charge in [-0.2, -0.15) is 0 Å². The Hall–Kier alpha value is -0.480. The first-order valence-corrected chi connectivity index (χ1v) is 8.97. The van der Waals surface area contributed by atoms with Crippen molar-refractivity contribution in [3.05, 3.63) is 57.5 Å². The average molecular weight is 385 g/mol. The maximum Gasteiger partial charge on any atom is 0.0548 e. The highest BCUT2D eigenvalue weighted by Crippen LogP contribution is 2.39. The summed E-state index contributed by atoms with van der Waals surface area (Å²) >= 11 is 11.7. The summed E-state index contributed by atoms with van der Waals surface area (Å²) < 4.78 is 1.09. The Kier molecular flexibility index (Phi) is 6.62. The van der Waals surface area contributed by atoms with Crippen LogP contribution in [0.5, 0.6) is 0 Å². The van der Waals surface area contributed by atoms with Gasteiger partial charge in [-0.1, -0.05) is 61.5 Å². The highest BCUT2D eigenvalue weighted by molar-refractivity contribution is 9.10. The van der Waals surface area contributed by atoms with Gasteiger partial charge in [-0.3, -0.25) is 0 Å². The largest absolute Gasteiger partial charge is 0.312 e. The third-order valence-corrected chi connectivity index (χ3v) is 5.61. The minimum absolute atomic E-state index is 0.642. The van der Waals surface area contributed by atoms with Gasteiger partial charge < -0.3 is 5.32 Å². The maximum atomic E-state index is 6.41. The summed E-state index contributed by atoms with van der Waals surface area (Å²) in [5, 5.41) is 4.29. The summed E-state index contributed by atoms with van der Waals surface area (Å²) in [6.07, 6.45) is 0. The molecule has 21 heavy (non-hydrogen) atoms. The molecule has 0 aliphatic carbocycles. The molecular formula is C17H19BrClNS. The Morgan fingerprint density at radius 2 is 1.90 bits per heavy atom. The lowest BCUT2D eigenvalue weighted by Crippen LogP contribution is -2.19. The molecule has 0 aliphatic heterocycles. The van der Waals surface area contributed by atoms with E-state index in [9.17, 15) is 0 Å². The second-order valence-electron chi connectivity index (χ2n) is 5.29. The van der Waals surface area contributed by atoms with Gasteiger partial charge in [0, 0.05) is 20.8 Å². The minimum atomic E-state index is 0.642. The molecule has 0 radical (unpaired) electrons. The van der Waals surface area contributed by atoms with Crippen LogP contribution in [0.1, 0.15) is 19.4 Å². The number of benzene rings is 2. The molecule has 0 fully saturated rings. The number of hydrogen-bond donors (Lipinski definition) is 1. The molecule has 112 valence electrons. The van der Waals surface area contributed by atoms with Crippen molar-refractivity contribution in [3.8, 4) is 0 Å². The van der Waals surface area contributed by atoms with Gasteiger partial charge in [0.25, 0.3) is 0 Å². The molecule has 0 unspecified atom stereocenters. The van der Waals surface area contributed by atoms with Crippen LogP contribution in [-0.2, 0) is 6.54 Å². The van der Waals surface area contributed by atoms with E-state index in [1.165, 1.54) is 10.5 Å². The van der Waals surface area contributed by atoms with Gasteiger partial charge in [0.2, 0.25) is 0 Å². The third kappa shape index (κ3) is 5.03. The van der Waals surface area contributed by atoms with Crippen LogP contribution in [-0.4, -0.2) is 6.54 Å². The van der Waals surface area contributed by atoms with Crippen molar-refractivity contribution < 1.29 is 0 Å². The fraction of sp³-hybridized carbons (Fsp3) is 0.294. The van der Waals surface area contributed by atoms with E-state index >= 15 is 0 Å². The molecule has 4 heteroatoms. The van der Waals surface area contributed by atoms with Gasteiger partial charge in [0.15, 0.2) is 0 Å². The van der Waals surface area contributed by atoms with Gasteiger partial charge in [0.05, 0.1) is 5.02 Å². The van der Waals surface area contributed by atoms with E-state index in [4.69, 9.17) is 11.6 Å². The van der Waals surface area contributed by atoms with E-state index < -0.39 is 0 Å². The van der Waals surface area contributed by atoms with Crippen LogP contribution < -0.4 is 5.32 Å². The fourth-order valence-electron chi connectivity index (χ4n) is 1.94. The minimum Gasteiger partial charge on any atom is -0.312 e. The van der Waals surface area contributed by atoms with E-state index in [-0.39, 0.29) is 0 Å². The molecule has 1 N–H and O–H groups in total. The molecule has 0 aliphatic rings. The molecule has 0 bridgehead atoms. The Labute approximate surface area is 144 Å². The zero-order chi connectivity index (χ0) is 15.2. The number of hydrogen-bond acceptors (Lipinski definition) is 2. The van der Waals surface area contributed by atoms with Gasteiger partial charge in [-0.15, -0.1) is 0 Å². The molecule has 0 atom stereocenters. The lowest BCUT2D eigenvalue weighted by Gasteiger charge is -2.13. The first kappa shape index (κ1) is 16.9. The topological polar surface area (TPSA) is 12.0 Å². The highest BCUT2D eigenvalue weighted by Gasteiger charge is 2.10. The van der Waals surface area contributed by atoms with Gasteiger partial charge in [0.1, 0.15) is 0 Å². The van der Waals surface area contributed by atoms with Crippen molar-refractivity contribution in [1.82, 2.24) is 5.32 Å². The summed E-state index contributed by atoms with van der Waals surface area (Å²) in [5.74, 6) is 0.642. The van der Waals surface area contributed by atoms with Crippen molar-refractivity contribution in [2.24, 2.45) is 5.92 Å². The third-order valence-electron chi connectivity index (χ3n) is 2.97. The monoisotopic (exact) mass is 383 g/mol. The van der Waals surface area contributed by atoms with Crippen LogP contribution in [0, 0.1) is 5.92 Å². The molecule has 0 aromatic heterocycles. The predicted octanol–water partition coefficient (Wildman–Crippen LogP) is 6.00. The molecule has 2 aromatic rings. The number of nitrogens with one attached hydrogen (secondary N) is 1. The average Bonchev–Trinajstić information content (AvgIpc) is 2.44. The zero-order valence-electron chi connectivity index (χ0n) is 12.2. The molecule has 2 aromatic carbocycles. The number of rotatable bonds is 6. The molecule has 1 nitrogen and oxygen atoms in total. The Bertz CT molecular complexity index is 601. The van der Waals surface area contributed by atoms with E-state index in [2.05, 4.69) is 53.3 Å². The van der Waals surface area contributed by atoms with Crippen molar-refractivity contribution in [1.29, 1.82) is 0 Å². The van der Waals surface area contributed by atoms with Crippen molar-refractivity contribution >= 4 is 39.3 Å². The molecule has 0 saturated carbocycles. The number of halogens is 2. The highest BCUT2D eigenvalue weighted by atomic mass is 79.9. The zero-order valence-corrected chi connectivity index (χ0v) is 15.4.